The highest BCUT2D eigenvalue weighted by Crippen LogP contribution is 2.34. The van der Waals surface area contributed by atoms with Crippen LogP contribution in [0.15, 0.2) is 41.3 Å². The first-order valence-electron chi connectivity index (χ1n) is 9.46. The van der Waals surface area contributed by atoms with E-state index in [9.17, 15) is 18.0 Å². The molecule has 0 unspecified atom stereocenters. The Hall–Kier alpha value is -2.91. The Bertz CT molecular complexity index is 1060. The van der Waals surface area contributed by atoms with Crippen molar-refractivity contribution in [1.29, 1.82) is 0 Å². The first-order valence-corrected chi connectivity index (χ1v) is 10.9. The van der Waals surface area contributed by atoms with Gasteiger partial charge in [-0.15, -0.1) is 0 Å². The van der Waals surface area contributed by atoms with E-state index in [2.05, 4.69) is 4.72 Å². The van der Waals surface area contributed by atoms with E-state index in [0.717, 1.165) is 16.0 Å². The van der Waals surface area contributed by atoms with Crippen molar-refractivity contribution >= 4 is 27.5 Å². The van der Waals surface area contributed by atoms with E-state index in [0.29, 0.717) is 5.75 Å². The van der Waals surface area contributed by atoms with Crippen LogP contribution in [0.3, 0.4) is 0 Å². The first kappa shape index (κ1) is 21.8. The van der Waals surface area contributed by atoms with Gasteiger partial charge >= 0.3 is 0 Å². The maximum atomic E-state index is 12.7. The first-order chi connectivity index (χ1) is 14.2. The molecule has 160 valence electrons. The molecule has 1 aliphatic rings. The number of aryl methyl sites for hydroxylation is 2. The minimum atomic E-state index is -3.88. The average Bonchev–Trinajstić information content (AvgIpc) is 3.04. The Kier molecular flexibility index (Phi) is 6.42. The van der Waals surface area contributed by atoms with E-state index in [4.69, 9.17) is 9.47 Å². The molecular weight excluding hydrogens is 408 g/mol. The molecular formula is C21H24N2O6S. The molecule has 0 spiro atoms. The van der Waals surface area contributed by atoms with Gasteiger partial charge in [-0.2, -0.15) is 0 Å². The topological polar surface area (TPSA) is 102 Å². The van der Waals surface area contributed by atoms with E-state index < -0.39 is 10.0 Å². The van der Waals surface area contributed by atoms with Gasteiger partial charge in [-0.3, -0.25) is 9.59 Å². The van der Waals surface area contributed by atoms with Crippen LogP contribution in [0.1, 0.15) is 24.0 Å². The highest BCUT2D eigenvalue weighted by Gasteiger charge is 2.33. The molecule has 9 heteroatoms. The molecule has 0 aromatic heterocycles. The molecule has 1 heterocycles. The lowest BCUT2D eigenvalue weighted by Crippen LogP contribution is -2.30. The molecule has 8 nitrogen and oxygen atoms in total. The number of hydrogen-bond acceptors (Lipinski definition) is 6. The standard InChI is InChI=1S/C21H24N2O6S/c1-14-4-6-18(15(2)12-14)29-11-10-22-30(26,27)16-5-7-19(28-3)17(13-16)23-20(24)8-9-21(23)25/h4-7,12-13,22H,8-11H2,1-3H3. The Balaban J connectivity index is 1.72. The van der Waals surface area contributed by atoms with Crippen molar-refractivity contribution in [1.82, 2.24) is 4.72 Å². The maximum Gasteiger partial charge on any atom is 0.240 e. The molecule has 1 N–H and O–H groups in total. The van der Waals surface area contributed by atoms with Crippen molar-refractivity contribution in [2.24, 2.45) is 0 Å². The fourth-order valence-corrected chi connectivity index (χ4v) is 4.27. The molecule has 0 atom stereocenters. The zero-order chi connectivity index (χ0) is 21.9. The molecule has 0 bridgehead atoms. The van der Waals surface area contributed by atoms with Crippen molar-refractivity contribution < 1.29 is 27.5 Å². The quantitative estimate of drug-likeness (QED) is 0.507. The van der Waals surface area contributed by atoms with Gasteiger partial charge in [-0.05, 0) is 43.7 Å². The second-order valence-corrected chi connectivity index (χ2v) is 8.74. The number of carbonyl (C=O) groups is 2. The van der Waals surface area contributed by atoms with E-state index in [1.807, 2.05) is 32.0 Å². The van der Waals surface area contributed by atoms with Crippen molar-refractivity contribution in [2.75, 3.05) is 25.2 Å². The van der Waals surface area contributed by atoms with Crippen LogP contribution >= 0.6 is 0 Å². The molecule has 2 amide bonds. The van der Waals surface area contributed by atoms with Crippen molar-refractivity contribution in [3.63, 3.8) is 0 Å². The van der Waals surface area contributed by atoms with Gasteiger partial charge in [0.1, 0.15) is 18.1 Å². The van der Waals surface area contributed by atoms with Gasteiger partial charge in [0, 0.05) is 19.4 Å². The van der Waals surface area contributed by atoms with E-state index in [1.165, 1.54) is 25.3 Å². The highest BCUT2D eigenvalue weighted by atomic mass is 32.2. The SMILES string of the molecule is COc1ccc(S(=O)(=O)NCCOc2ccc(C)cc2C)cc1N1C(=O)CCC1=O. The van der Waals surface area contributed by atoms with Gasteiger partial charge < -0.3 is 9.47 Å². The number of anilines is 1. The van der Waals surface area contributed by atoms with Crippen molar-refractivity contribution in [3.05, 3.63) is 47.5 Å². The number of carbonyl (C=O) groups excluding carboxylic acids is 2. The maximum absolute atomic E-state index is 12.7. The number of benzene rings is 2. The van der Waals surface area contributed by atoms with Crippen LogP contribution in [-0.4, -0.2) is 40.5 Å². The van der Waals surface area contributed by atoms with Gasteiger partial charge in [-0.25, -0.2) is 18.0 Å². The number of rotatable bonds is 8. The molecule has 1 fully saturated rings. The van der Waals surface area contributed by atoms with E-state index >= 15 is 0 Å². The van der Waals surface area contributed by atoms with Gasteiger partial charge in [0.15, 0.2) is 0 Å². The number of amides is 2. The van der Waals surface area contributed by atoms with E-state index in [1.54, 1.807) is 0 Å². The van der Waals surface area contributed by atoms with Crippen LogP contribution in [0.2, 0.25) is 0 Å². The lowest BCUT2D eigenvalue weighted by molar-refractivity contribution is -0.121. The Morgan fingerprint density at radius 1 is 1.00 bits per heavy atom. The molecule has 1 aliphatic heterocycles. The molecule has 1 saturated heterocycles. The van der Waals surface area contributed by atoms with Crippen LogP contribution in [-0.2, 0) is 19.6 Å². The lowest BCUT2D eigenvalue weighted by Gasteiger charge is -2.18. The fraction of sp³-hybridized carbons (Fsp3) is 0.333. The van der Waals surface area contributed by atoms with Gasteiger partial charge in [-0.1, -0.05) is 17.7 Å². The van der Waals surface area contributed by atoms with Gasteiger partial charge in [0.25, 0.3) is 0 Å². The predicted octanol–water partition coefficient (Wildman–Crippen LogP) is 2.32. The number of sulfonamides is 1. The Morgan fingerprint density at radius 3 is 2.30 bits per heavy atom. The van der Waals surface area contributed by atoms with Crippen LogP contribution in [0.25, 0.3) is 0 Å². The number of nitrogens with zero attached hydrogens (tertiary/aromatic N) is 1. The predicted molar refractivity (Wildman–Crippen MR) is 111 cm³/mol. The third-order valence-electron chi connectivity index (χ3n) is 4.74. The summed E-state index contributed by atoms with van der Waals surface area (Å²) in [5.41, 5.74) is 2.21. The summed E-state index contributed by atoms with van der Waals surface area (Å²) in [4.78, 5) is 25.1. The third kappa shape index (κ3) is 4.63. The molecule has 30 heavy (non-hydrogen) atoms. The van der Waals surface area contributed by atoms with Crippen molar-refractivity contribution in [3.8, 4) is 11.5 Å². The minimum absolute atomic E-state index is 0.0542. The summed E-state index contributed by atoms with van der Waals surface area (Å²) in [5, 5.41) is 0. The summed E-state index contributed by atoms with van der Waals surface area (Å²) in [7, 11) is -2.49. The van der Waals surface area contributed by atoms with Crippen LogP contribution in [0.5, 0.6) is 11.5 Å². The third-order valence-corrected chi connectivity index (χ3v) is 6.19. The normalized spacial score (nSPS) is 14.3. The molecule has 0 radical (unpaired) electrons. The summed E-state index contributed by atoms with van der Waals surface area (Å²) < 4.78 is 38.7. The number of ether oxygens (including phenoxy) is 2. The van der Waals surface area contributed by atoms with Gasteiger partial charge in [0.2, 0.25) is 21.8 Å². The van der Waals surface area contributed by atoms with E-state index in [-0.39, 0.29) is 54.1 Å². The van der Waals surface area contributed by atoms with Crippen LogP contribution < -0.4 is 19.1 Å². The van der Waals surface area contributed by atoms with Crippen LogP contribution in [0, 0.1) is 13.8 Å². The Labute approximate surface area is 175 Å². The zero-order valence-corrected chi connectivity index (χ0v) is 17.9. The van der Waals surface area contributed by atoms with Crippen LogP contribution in [0.4, 0.5) is 5.69 Å². The monoisotopic (exact) mass is 432 g/mol. The number of methoxy groups -OCH3 is 1. The number of imide groups is 1. The smallest absolute Gasteiger partial charge is 0.240 e. The zero-order valence-electron chi connectivity index (χ0n) is 17.1. The fourth-order valence-electron chi connectivity index (χ4n) is 3.24. The Morgan fingerprint density at radius 2 is 1.67 bits per heavy atom. The number of nitrogens with one attached hydrogen (secondary N) is 1. The van der Waals surface area contributed by atoms with Gasteiger partial charge in [0.05, 0.1) is 17.7 Å². The summed E-state index contributed by atoms with van der Waals surface area (Å²) >= 11 is 0. The number of hydrogen-bond donors (Lipinski definition) is 1. The molecule has 3 rings (SSSR count). The summed E-state index contributed by atoms with van der Waals surface area (Å²) in [5.74, 6) is 0.165. The van der Waals surface area contributed by atoms with Crippen molar-refractivity contribution in [2.45, 2.75) is 31.6 Å². The summed E-state index contributed by atoms with van der Waals surface area (Å²) in [6.07, 6.45) is 0.181. The highest BCUT2D eigenvalue weighted by molar-refractivity contribution is 7.89. The average molecular weight is 432 g/mol. The molecule has 2 aromatic rings. The lowest BCUT2D eigenvalue weighted by atomic mass is 10.1. The minimum Gasteiger partial charge on any atom is -0.495 e. The second kappa shape index (κ2) is 8.85. The summed E-state index contributed by atoms with van der Waals surface area (Å²) in [6.45, 7) is 4.11. The summed E-state index contributed by atoms with van der Waals surface area (Å²) in [6, 6.07) is 9.81. The molecule has 2 aromatic carbocycles. The molecule has 0 aliphatic carbocycles. The molecule has 0 saturated carbocycles. The second-order valence-electron chi connectivity index (χ2n) is 6.97. The largest absolute Gasteiger partial charge is 0.495 e.